The van der Waals surface area contributed by atoms with Crippen LogP contribution < -0.4 is 15.1 Å². The van der Waals surface area contributed by atoms with Gasteiger partial charge in [0.05, 0.1) is 31.2 Å². The first-order valence-electron chi connectivity index (χ1n) is 10.0. The standard InChI is InChI=1S/C20H22F2N6/c21-20(22)10-28(11-20)15-4-17(25-18-7-23-16(6-24-18)12-1-2-12)26-19(5-15)27-8-13-3-14(13)9-27/h4-7,12-14H,1-3,8-11H2,(H,24,25,26). The van der Waals surface area contributed by atoms with Crippen LogP contribution in [0.4, 0.5) is 31.9 Å². The fourth-order valence-electron chi connectivity index (χ4n) is 4.31. The highest BCUT2D eigenvalue weighted by atomic mass is 19.3. The van der Waals surface area contributed by atoms with Crippen molar-refractivity contribution in [3.8, 4) is 0 Å². The molecule has 2 aromatic rings. The summed E-state index contributed by atoms with van der Waals surface area (Å²) < 4.78 is 26.8. The molecule has 4 heterocycles. The third-order valence-electron chi connectivity index (χ3n) is 6.23. The number of fused-ring (bicyclic) bond motifs is 1. The van der Waals surface area contributed by atoms with Crippen molar-refractivity contribution in [1.82, 2.24) is 15.0 Å². The number of anilines is 4. The Bertz CT molecular complexity index is 895. The molecule has 2 saturated heterocycles. The van der Waals surface area contributed by atoms with Crippen LogP contribution in [0.5, 0.6) is 0 Å². The molecule has 1 N–H and O–H groups in total. The lowest BCUT2D eigenvalue weighted by atomic mass is 10.1. The molecule has 0 bridgehead atoms. The van der Waals surface area contributed by atoms with Gasteiger partial charge in [-0.25, -0.2) is 18.7 Å². The summed E-state index contributed by atoms with van der Waals surface area (Å²) in [6.07, 6.45) is 7.22. The van der Waals surface area contributed by atoms with Crippen LogP contribution in [0.3, 0.4) is 0 Å². The number of halogens is 2. The molecule has 6 nitrogen and oxygen atoms in total. The van der Waals surface area contributed by atoms with E-state index in [0.717, 1.165) is 42.1 Å². The molecule has 2 aliphatic carbocycles. The van der Waals surface area contributed by atoms with Gasteiger partial charge in [-0.15, -0.1) is 0 Å². The Kier molecular flexibility index (Phi) is 3.38. The molecule has 2 aromatic heterocycles. The van der Waals surface area contributed by atoms with E-state index in [4.69, 9.17) is 4.98 Å². The molecule has 2 atom stereocenters. The lowest BCUT2D eigenvalue weighted by molar-refractivity contribution is -0.0262. The van der Waals surface area contributed by atoms with Crippen LogP contribution in [-0.2, 0) is 0 Å². The average Bonchev–Trinajstić information content (AvgIpc) is 3.59. The zero-order chi connectivity index (χ0) is 18.9. The number of pyridine rings is 1. The summed E-state index contributed by atoms with van der Waals surface area (Å²) in [5.41, 5.74) is 1.81. The lowest BCUT2D eigenvalue weighted by Crippen LogP contribution is -2.56. The third-order valence-corrected chi connectivity index (χ3v) is 6.23. The van der Waals surface area contributed by atoms with Gasteiger partial charge < -0.3 is 15.1 Å². The maximum absolute atomic E-state index is 13.4. The third kappa shape index (κ3) is 3.04. The van der Waals surface area contributed by atoms with E-state index in [9.17, 15) is 8.78 Å². The minimum absolute atomic E-state index is 0.239. The Labute approximate surface area is 162 Å². The van der Waals surface area contributed by atoms with Crippen molar-refractivity contribution < 1.29 is 8.78 Å². The van der Waals surface area contributed by atoms with Crippen LogP contribution in [-0.4, -0.2) is 47.1 Å². The molecular weight excluding hydrogens is 362 g/mol. The van der Waals surface area contributed by atoms with Gasteiger partial charge in [0.25, 0.3) is 5.92 Å². The highest BCUT2D eigenvalue weighted by Gasteiger charge is 2.46. The predicted octanol–water partition coefficient (Wildman–Crippen LogP) is 3.40. The fraction of sp³-hybridized carbons (Fsp3) is 0.550. The molecule has 146 valence electrons. The summed E-state index contributed by atoms with van der Waals surface area (Å²) >= 11 is 0. The van der Waals surface area contributed by atoms with Crippen molar-refractivity contribution in [3.05, 3.63) is 30.2 Å². The number of nitrogens with one attached hydrogen (secondary N) is 1. The molecule has 0 amide bonds. The van der Waals surface area contributed by atoms with Crippen LogP contribution in [0, 0.1) is 11.8 Å². The van der Waals surface area contributed by atoms with Crippen molar-refractivity contribution in [2.24, 2.45) is 11.8 Å². The summed E-state index contributed by atoms with van der Waals surface area (Å²) in [4.78, 5) is 17.7. The van der Waals surface area contributed by atoms with Gasteiger partial charge in [0.15, 0.2) is 0 Å². The first kappa shape index (κ1) is 16.4. The van der Waals surface area contributed by atoms with E-state index in [1.165, 1.54) is 19.3 Å². The van der Waals surface area contributed by atoms with E-state index in [0.29, 0.717) is 17.6 Å². The van der Waals surface area contributed by atoms with Crippen molar-refractivity contribution in [3.63, 3.8) is 0 Å². The van der Waals surface area contributed by atoms with Gasteiger partial charge in [0.2, 0.25) is 0 Å². The summed E-state index contributed by atoms with van der Waals surface area (Å²) in [6.45, 7) is 1.54. The van der Waals surface area contributed by atoms with Gasteiger partial charge in [-0.05, 0) is 31.1 Å². The van der Waals surface area contributed by atoms with Crippen molar-refractivity contribution in [2.45, 2.75) is 31.1 Å². The van der Waals surface area contributed by atoms with Crippen LogP contribution >= 0.6 is 0 Å². The van der Waals surface area contributed by atoms with Gasteiger partial charge in [-0.1, -0.05) is 0 Å². The Morgan fingerprint density at radius 1 is 0.964 bits per heavy atom. The average molecular weight is 384 g/mol. The lowest BCUT2D eigenvalue weighted by Gasteiger charge is -2.40. The summed E-state index contributed by atoms with van der Waals surface area (Å²) in [6, 6.07) is 3.76. The largest absolute Gasteiger partial charge is 0.359 e. The van der Waals surface area contributed by atoms with Crippen molar-refractivity contribution in [1.29, 1.82) is 0 Å². The van der Waals surface area contributed by atoms with Crippen LogP contribution in [0.25, 0.3) is 0 Å². The Morgan fingerprint density at radius 3 is 2.39 bits per heavy atom. The number of rotatable bonds is 5. The van der Waals surface area contributed by atoms with E-state index in [2.05, 4.69) is 20.2 Å². The SMILES string of the molecule is FC1(F)CN(c2cc(Nc3cnc(C4CC4)cn3)nc(N3CC4CC4C3)c2)C1. The smallest absolute Gasteiger partial charge is 0.282 e. The summed E-state index contributed by atoms with van der Waals surface area (Å²) in [5.74, 6) is 1.60. The molecule has 0 spiro atoms. The fourth-order valence-corrected chi connectivity index (χ4v) is 4.31. The molecule has 0 radical (unpaired) electrons. The second kappa shape index (κ2) is 5.75. The molecule has 2 aliphatic heterocycles. The van der Waals surface area contributed by atoms with Crippen molar-refractivity contribution >= 4 is 23.1 Å². The first-order valence-corrected chi connectivity index (χ1v) is 10.0. The molecule has 2 saturated carbocycles. The van der Waals surface area contributed by atoms with E-state index >= 15 is 0 Å². The number of piperidine rings is 1. The zero-order valence-corrected chi connectivity index (χ0v) is 15.5. The van der Waals surface area contributed by atoms with E-state index < -0.39 is 5.92 Å². The van der Waals surface area contributed by atoms with Gasteiger partial charge in [0.1, 0.15) is 17.5 Å². The normalized spacial score (nSPS) is 27.4. The minimum Gasteiger partial charge on any atom is -0.359 e. The molecular formula is C20H22F2N6. The maximum Gasteiger partial charge on any atom is 0.282 e. The minimum atomic E-state index is -2.60. The number of hydrogen-bond donors (Lipinski definition) is 1. The Balaban J connectivity index is 1.27. The summed E-state index contributed by atoms with van der Waals surface area (Å²) in [7, 11) is 0. The van der Waals surface area contributed by atoms with Gasteiger partial charge >= 0.3 is 0 Å². The summed E-state index contributed by atoms with van der Waals surface area (Å²) in [5, 5.41) is 3.22. The quantitative estimate of drug-likeness (QED) is 0.853. The first-order chi connectivity index (χ1) is 13.5. The molecule has 6 rings (SSSR count). The van der Waals surface area contributed by atoms with Gasteiger partial charge in [-0.2, -0.15) is 0 Å². The van der Waals surface area contributed by atoms with E-state index in [1.807, 2.05) is 18.3 Å². The van der Waals surface area contributed by atoms with Crippen molar-refractivity contribution in [2.75, 3.05) is 41.3 Å². The van der Waals surface area contributed by atoms with Gasteiger partial charge in [0, 0.05) is 36.8 Å². The topological polar surface area (TPSA) is 57.2 Å². The molecule has 4 fully saturated rings. The number of alkyl halides is 2. The number of aromatic nitrogens is 3. The highest BCUT2D eigenvalue weighted by molar-refractivity contribution is 5.66. The number of nitrogens with zero attached hydrogens (tertiary/aromatic N) is 5. The molecule has 8 heteroatoms. The zero-order valence-electron chi connectivity index (χ0n) is 15.5. The maximum atomic E-state index is 13.4. The highest BCUT2D eigenvalue weighted by Crippen LogP contribution is 2.46. The second-order valence-corrected chi connectivity index (χ2v) is 8.67. The monoisotopic (exact) mass is 384 g/mol. The molecule has 28 heavy (non-hydrogen) atoms. The molecule has 4 aliphatic rings. The number of hydrogen-bond acceptors (Lipinski definition) is 6. The molecule has 0 aromatic carbocycles. The second-order valence-electron chi connectivity index (χ2n) is 8.67. The van der Waals surface area contributed by atoms with Crippen LogP contribution in [0.2, 0.25) is 0 Å². The van der Waals surface area contributed by atoms with Gasteiger partial charge in [-0.3, -0.25) is 4.98 Å². The Morgan fingerprint density at radius 2 is 1.75 bits per heavy atom. The van der Waals surface area contributed by atoms with E-state index in [1.54, 1.807) is 11.1 Å². The molecule has 2 unspecified atom stereocenters. The Hall–Kier alpha value is -2.51. The van der Waals surface area contributed by atoms with Crippen LogP contribution in [0.1, 0.15) is 30.9 Å². The van der Waals surface area contributed by atoms with E-state index in [-0.39, 0.29) is 13.1 Å². The predicted molar refractivity (Wildman–Crippen MR) is 102 cm³/mol. The van der Waals surface area contributed by atoms with Crippen LogP contribution in [0.15, 0.2) is 24.5 Å².